The summed E-state index contributed by atoms with van der Waals surface area (Å²) in [6.07, 6.45) is 10.3. The number of aliphatic imine (C=N–C) groups is 1. The van der Waals surface area contributed by atoms with E-state index in [-0.39, 0.29) is 11.5 Å². The third-order valence-corrected chi connectivity index (χ3v) is 10.3. The standard InChI is InChI=1S/C33H43N7O2/c1-20(27-8-6-15-40(27)4)41-28-17-26(22-12-16-39(3)19-22)36-32(37-28)30-23-7-5-13-33(31(23)42-38-30)14-11-21-9-10-25(34)24(18-35-2)29(21)33/h9-10,17-18,20,22,27H,5-8,11-16,19,34H2,1-4H3/t20-,22-,27-,33-/m0/s1. The zero-order valence-corrected chi connectivity index (χ0v) is 25.4. The second-order valence-electron chi connectivity index (χ2n) is 13.0. The van der Waals surface area contributed by atoms with Gasteiger partial charge >= 0.3 is 0 Å². The predicted octanol–water partition coefficient (Wildman–Crippen LogP) is 4.61. The third-order valence-electron chi connectivity index (χ3n) is 10.3. The number of likely N-dealkylation sites (N-methyl/N-ethyl adjacent to an activating group) is 2. The predicted molar refractivity (Wildman–Crippen MR) is 165 cm³/mol. The summed E-state index contributed by atoms with van der Waals surface area (Å²) in [4.78, 5) is 19.3. The Hall–Kier alpha value is -3.30. The fourth-order valence-corrected chi connectivity index (χ4v) is 8.24. The molecule has 1 spiro atoms. The molecule has 0 bridgehead atoms. The molecule has 2 aliphatic carbocycles. The van der Waals surface area contributed by atoms with Crippen LogP contribution in [-0.2, 0) is 18.3 Å². The average molecular weight is 570 g/mol. The lowest BCUT2D eigenvalue weighted by Gasteiger charge is -2.33. The van der Waals surface area contributed by atoms with Crippen LogP contribution in [0.15, 0.2) is 27.7 Å². The topological polar surface area (TPSA) is 106 Å². The van der Waals surface area contributed by atoms with E-state index >= 15 is 0 Å². The van der Waals surface area contributed by atoms with Gasteiger partial charge in [0.25, 0.3) is 0 Å². The Morgan fingerprint density at radius 1 is 1.14 bits per heavy atom. The highest BCUT2D eigenvalue weighted by atomic mass is 16.5. The minimum absolute atomic E-state index is 0.0351. The summed E-state index contributed by atoms with van der Waals surface area (Å²) in [5.41, 5.74) is 13.5. The van der Waals surface area contributed by atoms with Gasteiger partial charge in [-0.05, 0) is 103 Å². The highest BCUT2D eigenvalue weighted by Gasteiger charge is 2.49. The van der Waals surface area contributed by atoms with Crippen LogP contribution in [0.5, 0.6) is 5.88 Å². The summed E-state index contributed by atoms with van der Waals surface area (Å²) >= 11 is 0. The Morgan fingerprint density at radius 2 is 2.02 bits per heavy atom. The first-order valence-corrected chi connectivity index (χ1v) is 15.7. The molecule has 0 unspecified atom stereocenters. The number of ether oxygens (including phenoxy) is 1. The molecule has 4 heterocycles. The van der Waals surface area contributed by atoms with E-state index in [9.17, 15) is 0 Å². The Morgan fingerprint density at radius 3 is 2.79 bits per heavy atom. The molecule has 1 aromatic carbocycles. The molecule has 4 aliphatic rings. The van der Waals surface area contributed by atoms with Gasteiger partial charge in [0.2, 0.25) is 5.88 Å². The van der Waals surface area contributed by atoms with Gasteiger partial charge in [-0.25, -0.2) is 4.98 Å². The Kier molecular flexibility index (Phi) is 7.05. The van der Waals surface area contributed by atoms with E-state index in [2.05, 4.69) is 47.9 Å². The van der Waals surface area contributed by atoms with Gasteiger partial charge in [0.15, 0.2) is 17.3 Å². The Bertz CT molecular complexity index is 1520. The smallest absolute Gasteiger partial charge is 0.217 e. The summed E-state index contributed by atoms with van der Waals surface area (Å²) in [6, 6.07) is 6.64. The number of nitrogen functional groups attached to an aromatic ring is 1. The summed E-state index contributed by atoms with van der Waals surface area (Å²) in [5, 5.41) is 4.71. The first kappa shape index (κ1) is 27.5. The number of likely N-dealkylation sites (tertiary alicyclic amines) is 2. The quantitative estimate of drug-likeness (QED) is 0.339. The van der Waals surface area contributed by atoms with Crippen LogP contribution in [0.4, 0.5) is 5.69 Å². The van der Waals surface area contributed by atoms with E-state index in [4.69, 9.17) is 30.1 Å². The molecule has 2 fully saturated rings. The highest BCUT2D eigenvalue weighted by Crippen LogP contribution is 2.54. The van der Waals surface area contributed by atoms with Gasteiger partial charge in [0, 0.05) is 54.6 Å². The number of rotatable bonds is 6. The molecule has 42 heavy (non-hydrogen) atoms. The van der Waals surface area contributed by atoms with Crippen LogP contribution < -0.4 is 10.5 Å². The van der Waals surface area contributed by atoms with Crippen molar-refractivity contribution in [2.24, 2.45) is 4.99 Å². The molecule has 3 aromatic rings. The van der Waals surface area contributed by atoms with Crippen LogP contribution in [-0.4, -0.2) is 84.1 Å². The molecule has 4 atom stereocenters. The Labute approximate surface area is 248 Å². The second kappa shape index (κ2) is 10.8. The van der Waals surface area contributed by atoms with E-state index in [0.717, 1.165) is 98.5 Å². The molecule has 0 amide bonds. The van der Waals surface area contributed by atoms with Gasteiger partial charge in [0.05, 0.1) is 11.1 Å². The second-order valence-corrected chi connectivity index (χ2v) is 13.0. The van der Waals surface area contributed by atoms with Crippen molar-refractivity contribution < 1.29 is 9.26 Å². The summed E-state index contributed by atoms with van der Waals surface area (Å²) in [6.45, 7) is 5.33. The number of hydrogen-bond acceptors (Lipinski definition) is 9. The monoisotopic (exact) mass is 569 g/mol. The lowest BCUT2D eigenvalue weighted by molar-refractivity contribution is 0.117. The van der Waals surface area contributed by atoms with Crippen molar-refractivity contribution in [3.63, 3.8) is 0 Å². The maximum absolute atomic E-state index is 6.58. The van der Waals surface area contributed by atoms with E-state index in [1.165, 1.54) is 17.5 Å². The molecule has 9 heteroatoms. The minimum Gasteiger partial charge on any atom is -0.473 e. The highest BCUT2D eigenvalue weighted by molar-refractivity contribution is 5.91. The maximum Gasteiger partial charge on any atom is 0.217 e. The number of nitrogens with two attached hydrogens (primary N) is 1. The number of anilines is 1. The van der Waals surface area contributed by atoms with Crippen molar-refractivity contribution in [2.45, 2.75) is 81.8 Å². The van der Waals surface area contributed by atoms with Crippen LogP contribution in [0, 0.1) is 0 Å². The Balaban J connectivity index is 1.31. The first-order valence-electron chi connectivity index (χ1n) is 15.7. The molecule has 2 aromatic heterocycles. The maximum atomic E-state index is 6.58. The molecule has 7 rings (SSSR count). The molecular formula is C33H43N7O2. The fraction of sp³-hybridized carbons (Fsp3) is 0.576. The van der Waals surface area contributed by atoms with Crippen molar-refractivity contribution in [3.8, 4) is 17.4 Å². The largest absolute Gasteiger partial charge is 0.473 e. The molecule has 9 nitrogen and oxygen atoms in total. The zero-order chi connectivity index (χ0) is 29.0. The summed E-state index contributed by atoms with van der Waals surface area (Å²) in [5.74, 6) is 2.56. The van der Waals surface area contributed by atoms with Gasteiger partial charge in [-0.2, -0.15) is 4.98 Å². The van der Waals surface area contributed by atoms with Crippen LogP contribution in [0.25, 0.3) is 11.5 Å². The number of benzene rings is 1. The summed E-state index contributed by atoms with van der Waals surface area (Å²) in [7, 11) is 6.17. The van der Waals surface area contributed by atoms with E-state index in [0.29, 0.717) is 23.7 Å². The van der Waals surface area contributed by atoms with Gasteiger partial charge in [-0.15, -0.1) is 0 Å². The molecule has 2 saturated heterocycles. The zero-order valence-electron chi connectivity index (χ0n) is 25.4. The van der Waals surface area contributed by atoms with Crippen LogP contribution >= 0.6 is 0 Å². The van der Waals surface area contributed by atoms with E-state index < -0.39 is 0 Å². The van der Waals surface area contributed by atoms with Gasteiger partial charge < -0.3 is 19.9 Å². The van der Waals surface area contributed by atoms with Crippen molar-refractivity contribution in [2.75, 3.05) is 46.5 Å². The van der Waals surface area contributed by atoms with Gasteiger partial charge in [0.1, 0.15) is 6.10 Å². The van der Waals surface area contributed by atoms with Gasteiger partial charge in [-0.3, -0.25) is 9.89 Å². The third kappa shape index (κ3) is 4.52. The van der Waals surface area contributed by atoms with Crippen molar-refractivity contribution in [3.05, 3.63) is 51.9 Å². The summed E-state index contributed by atoms with van der Waals surface area (Å²) < 4.78 is 12.9. The molecule has 222 valence electrons. The number of aromatic nitrogens is 3. The average Bonchev–Trinajstić information content (AvgIpc) is 3.77. The number of aryl methyl sites for hydroxylation is 1. The minimum atomic E-state index is -0.257. The van der Waals surface area contributed by atoms with E-state index in [1.807, 2.05) is 12.3 Å². The van der Waals surface area contributed by atoms with Crippen LogP contribution in [0.1, 0.15) is 85.1 Å². The molecule has 0 radical (unpaired) electrons. The number of fused-ring (bicyclic) bond motifs is 4. The molecule has 2 aliphatic heterocycles. The van der Waals surface area contributed by atoms with Crippen molar-refractivity contribution >= 4 is 11.9 Å². The first-order chi connectivity index (χ1) is 20.4. The van der Waals surface area contributed by atoms with Gasteiger partial charge in [-0.1, -0.05) is 11.2 Å². The van der Waals surface area contributed by atoms with Crippen molar-refractivity contribution in [1.82, 2.24) is 24.9 Å². The molecular weight excluding hydrogens is 526 g/mol. The normalized spacial score (nSPS) is 26.8. The van der Waals surface area contributed by atoms with Crippen LogP contribution in [0.2, 0.25) is 0 Å². The van der Waals surface area contributed by atoms with E-state index in [1.54, 1.807) is 7.05 Å². The molecule has 0 saturated carbocycles. The SMILES string of the molecule is CN=Cc1c(N)ccc2c1[C@]1(CCCc3c(-c4nc(O[C@@H](C)[C@@H]5CCCN5C)cc([C@H]5CCN(C)C5)n4)noc31)CC2. The van der Waals surface area contributed by atoms with Crippen molar-refractivity contribution in [1.29, 1.82) is 0 Å². The fourth-order valence-electron chi connectivity index (χ4n) is 8.24. The lowest BCUT2D eigenvalue weighted by atomic mass is 9.68. The number of nitrogens with zero attached hydrogens (tertiary/aromatic N) is 6. The lowest BCUT2D eigenvalue weighted by Crippen LogP contribution is -2.38. The molecule has 2 N–H and O–H groups in total. The number of hydrogen-bond donors (Lipinski definition) is 1. The van der Waals surface area contributed by atoms with Crippen LogP contribution in [0.3, 0.4) is 0 Å².